The monoisotopic (exact) mass is 408 g/mol. The van der Waals surface area contributed by atoms with Gasteiger partial charge in [-0.05, 0) is 68.1 Å². The Morgan fingerprint density at radius 1 is 1.00 bits per heavy atom. The van der Waals surface area contributed by atoms with Gasteiger partial charge in [-0.25, -0.2) is 0 Å². The number of halogens is 2. The summed E-state index contributed by atoms with van der Waals surface area (Å²) in [6.45, 7) is 0. The minimum Gasteiger partial charge on any atom is -0.298 e. The van der Waals surface area contributed by atoms with Crippen molar-refractivity contribution in [2.75, 3.05) is 0 Å². The fraction of sp³-hybridized carbons (Fsp3) is 0. The van der Waals surface area contributed by atoms with Crippen LogP contribution in [0, 0.1) is 7.14 Å². The van der Waals surface area contributed by atoms with Gasteiger partial charge in [0.2, 0.25) is 0 Å². The number of hydrogen-bond donors (Lipinski definition) is 0. The topological polar surface area (TPSA) is 17.1 Å². The average Bonchev–Trinajstić information content (AvgIpc) is 2.20. The van der Waals surface area contributed by atoms with Crippen molar-refractivity contribution in [2.45, 2.75) is 0 Å². The van der Waals surface area contributed by atoms with Crippen molar-refractivity contribution in [1.82, 2.24) is 0 Å². The van der Waals surface area contributed by atoms with Crippen molar-refractivity contribution in [2.24, 2.45) is 0 Å². The molecule has 0 unspecified atom stereocenters. The molecule has 0 radical (unpaired) electrons. The molecule has 0 bridgehead atoms. The van der Waals surface area contributed by atoms with Crippen LogP contribution in [0.1, 0.15) is 10.4 Å². The Morgan fingerprint density at radius 2 is 1.79 bits per heavy atom. The highest BCUT2D eigenvalue weighted by atomic mass is 127. The van der Waals surface area contributed by atoms with Crippen LogP contribution in [0.4, 0.5) is 0 Å². The van der Waals surface area contributed by atoms with E-state index >= 15 is 0 Å². The second-order valence-electron chi connectivity index (χ2n) is 2.92. The molecule has 2 aromatic rings. The Balaban J connectivity index is 2.90. The Morgan fingerprint density at radius 3 is 2.50 bits per heavy atom. The SMILES string of the molecule is O=Cc1ccc2c(I)cccc2c1I. The summed E-state index contributed by atoms with van der Waals surface area (Å²) in [6, 6.07) is 10.0. The van der Waals surface area contributed by atoms with E-state index in [4.69, 9.17) is 0 Å². The van der Waals surface area contributed by atoms with Crippen molar-refractivity contribution in [3.05, 3.63) is 43.0 Å². The summed E-state index contributed by atoms with van der Waals surface area (Å²) in [6.07, 6.45) is 0.904. The number of benzene rings is 2. The van der Waals surface area contributed by atoms with Gasteiger partial charge >= 0.3 is 0 Å². The molecule has 0 aliphatic carbocycles. The Kier molecular flexibility index (Phi) is 3.06. The van der Waals surface area contributed by atoms with E-state index in [-0.39, 0.29) is 0 Å². The van der Waals surface area contributed by atoms with E-state index in [0.29, 0.717) is 0 Å². The summed E-state index contributed by atoms with van der Waals surface area (Å²) in [5.74, 6) is 0. The highest BCUT2D eigenvalue weighted by molar-refractivity contribution is 14.1. The number of rotatable bonds is 1. The summed E-state index contributed by atoms with van der Waals surface area (Å²) in [7, 11) is 0. The summed E-state index contributed by atoms with van der Waals surface area (Å²) in [5, 5.41) is 2.37. The van der Waals surface area contributed by atoms with Gasteiger partial charge in [0.05, 0.1) is 0 Å². The van der Waals surface area contributed by atoms with Gasteiger partial charge in [-0.15, -0.1) is 0 Å². The van der Waals surface area contributed by atoms with Crippen LogP contribution in [0.25, 0.3) is 10.8 Å². The van der Waals surface area contributed by atoms with E-state index < -0.39 is 0 Å². The molecule has 2 aromatic carbocycles. The summed E-state index contributed by atoms with van der Waals surface area (Å²) >= 11 is 4.53. The molecule has 0 spiro atoms. The van der Waals surface area contributed by atoms with E-state index in [1.807, 2.05) is 24.3 Å². The van der Waals surface area contributed by atoms with Gasteiger partial charge in [0.25, 0.3) is 0 Å². The van der Waals surface area contributed by atoms with E-state index in [2.05, 4.69) is 51.2 Å². The molecule has 0 saturated heterocycles. The Bertz CT molecular complexity index is 506. The molecule has 0 aliphatic heterocycles. The molecule has 0 aromatic heterocycles. The van der Waals surface area contributed by atoms with Crippen LogP contribution in [0.2, 0.25) is 0 Å². The minimum atomic E-state index is 0.764. The molecular weight excluding hydrogens is 402 g/mol. The van der Waals surface area contributed by atoms with Crippen LogP contribution in [-0.4, -0.2) is 6.29 Å². The first kappa shape index (κ1) is 10.4. The zero-order valence-corrected chi connectivity index (χ0v) is 11.4. The van der Waals surface area contributed by atoms with E-state index in [1.54, 1.807) is 0 Å². The van der Waals surface area contributed by atoms with Gasteiger partial charge in [0.15, 0.2) is 6.29 Å². The molecule has 0 amide bonds. The quantitative estimate of drug-likeness (QED) is 0.518. The van der Waals surface area contributed by atoms with Crippen LogP contribution < -0.4 is 0 Å². The highest BCUT2D eigenvalue weighted by Gasteiger charge is 2.05. The number of carbonyl (C=O) groups is 1. The first-order chi connectivity index (χ1) is 6.74. The van der Waals surface area contributed by atoms with Crippen molar-refractivity contribution in [3.63, 3.8) is 0 Å². The van der Waals surface area contributed by atoms with Crippen LogP contribution in [0.15, 0.2) is 30.3 Å². The highest BCUT2D eigenvalue weighted by Crippen LogP contribution is 2.26. The number of hydrogen-bond acceptors (Lipinski definition) is 1. The van der Waals surface area contributed by atoms with E-state index in [0.717, 1.165) is 20.8 Å². The predicted octanol–water partition coefficient (Wildman–Crippen LogP) is 3.86. The number of fused-ring (bicyclic) bond motifs is 1. The van der Waals surface area contributed by atoms with Crippen LogP contribution >= 0.6 is 45.2 Å². The van der Waals surface area contributed by atoms with Crippen LogP contribution in [0.3, 0.4) is 0 Å². The molecular formula is C11H6I2O. The molecule has 1 nitrogen and oxygen atoms in total. The molecule has 0 N–H and O–H groups in total. The standard InChI is InChI=1S/C11H6I2O/c12-10-3-1-2-9-8(10)5-4-7(6-14)11(9)13/h1-6H. The summed E-state index contributed by atoms with van der Waals surface area (Å²) < 4.78 is 2.25. The van der Waals surface area contributed by atoms with Gasteiger partial charge in [0, 0.05) is 12.7 Å². The van der Waals surface area contributed by atoms with Crippen molar-refractivity contribution < 1.29 is 4.79 Å². The zero-order chi connectivity index (χ0) is 10.1. The smallest absolute Gasteiger partial charge is 0.151 e. The molecule has 14 heavy (non-hydrogen) atoms. The first-order valence-corrected chi connectivity index (χ1v) is 6.21. The van der Waals surface area contributed by atoms with Gasteiger partial charge in [-0.1, -0.05) is 18.2 Å². The number of carbonyl (C=O) groups excluding carboxylic acids is 1. The van der Waals surface area contributed by atoms with Crippen LogP contribution in [0.5, 0.6) is 0 Å². The molecule has 0 heterocycles. The third-order valence-electron chi connectivity index (χ3n) is 2.10. The van der Waals surface area contributed by atoms with Crippen molar-refractivity contribution in [1.29, 1.82) is 0 Å². The normalized spacial score (nSPS) is 10.4. The van der Waals surface area contributed by atoms with Gasteiger partial charge in [-0.2, -0.15) is 0 Å². The predicted molar refractivity (Wildman–Crippen MR) is 74.8 cm³/mol. The largest absolute Gasteiger partial charge is 0.298 e. The lowest BCUT2D eigenvalue weighted by atomic mass is 10.1. The maximum absolute atomic E-state index is 10.7. The first-order valence-electron chi connectivity index (χ1n) is 4.06. The second-order valence-corrected chi connectivity index (χ2v) is 5.16. The average molecular weight is 408 g/mol. The van der Waals surface area contributed by atoms with Gasteiger partial charge in [-0.3, -0.25) is 4.79 Å². The van der Waals surface area contributed by atoms with Crippen molar-refractivity contribution in [3.8, 4) is 0 Å². The molecule has 70 valence electrons. The van der Waals surface area contributed by atoms with Crippen molar-refractivity contribution >= 4 is 62.2 Å². The summed E-state index contributed by atoms with van der Waals surface area (Å²) in [5.41, 5.74) is 0.764. The lowest BCUT2D eigenvalue weighted by Gasteiger charge is -2.04. The molecule has 3 heteroatoms. The zero-order valence-electron chi connectivity index (χ0n) is 7.13. The molecule has 0 atom stereocenters. The minimum absolute atomic E-state index is 0.764. The number of aldehydes is 1. The fourth-order valence-corrected chi connectivity index (χ4v) is 2.85. The second kappa shape index (κ2) is 4.14. The lowest BCUT2D eigenvalue weighted by Crippen LogP contribution is -1.88. The molecule has 0 fully saturated rings. The Hall–Kier alpha value is -0.170. The fourth-order valence-electron chi connectivity index (χ4n) is 1.39. The lowest BCUT2D eigenvalue weighted by molar-refractivity contribution is 0.112. The Labute approximate surface area is 109 Å². The van der Waals surface area contributed by atoms with E-state index in [9.17, 15) is 4.79 Å². The third-order valence-corrected chi connectivity index (χ3v) is 4.24. The summed E-state index contributed by atoms with van der Waals surface area (Å²) in [4.78, 5) is 10.7. The third kappa shape index (κ3) is 1.67. The van der Waals surface area contributed by atoms with E-state index in [1.165, 1.54) is 8.96 Å². The van der Waals surface area contributed by atoms with Gasteiger partial charge < -0.3 is 0 Å². The van der Waals surface area contributed by atoms with Crippen LogP contribution in [-0.2, 0) is 0 Å². The maximum Gasteiger partial charge on any atom is 0.151 e. The molecule has 0 aliphatic rings. The maximum atomic E-state index is 10.7. The molecule has 0 saturated carbocycles. The van der Waals surface area contributed by atoms with Gasteiger partial charge in [0.1, 0.15) is 0 Å². The molecule has 2 rings (SSSR count).